The van der Waals surface area contributed by atoms with Crippen LogP contribution in [-0.2, 0) is 47.7 Å². The summed E-state index contributed by atoms with van der Waals surface area (Å²) >= 11 is 0. The van der Waals surface area contributed by atoms with E-state index in [-0.39, 0.29) is 113 Å². The zero-order chi connectivity index (χ0) is 107. The largest absolute Gasteiger partial charge is 0.461 e. The molecule has 0 radical (unpaired) electrons. The lowest BCUT2D eigenvalue weighted by atomic mass is 9.51. The van der Waals surface area contributed by atoms with Gasteiger partial charge in [0.15, 0.2) is 17.3 Å². The quantitative estimate of drug-likeness (QED) is 0.0460. The fourth-order valence-electron chi connectivity index (χ4n) is 29.2. The summed E-state index contributed by atoms with van der Waals surface area (Å²) in [7, 11) is 0. The van der Waals surface area contributed by atoms with Gasteiger partial charge in [-0.3, -0.25) is 24.0 Å². The van der Waals surface area contributed by atoms with Crippen molar-refractivity contribution in [2.45, 2.75) is 366 Å². The molecular weight excluding hydrogens is 1950 g/mol. The van der Waals surface area contributed by atoms with Gasteiger partial charge in [0.25, 0.3) is 28.0 Å². The summed E-state index contributed by atoms with van der Waals surface area (Å²) in [5.74, 6) is -6.10. The molecule has 0 aromatic heterocycles. The third-order valence-electron chi connectivity index (χ3n) is 38.6. The van der Waals surface area contributed by atoms with E-state index in [0.717, 1.165) is 58.8 Å². The van der Waals surface area contributed by atoms with Crippen LogP contribution in [0.5, 0.6) is 0 Å². The summed E-state index contributed by atoms with van der Waals surface area (Å²) in [4.78, 5) is 63.6. The van der Waals surface area contributed by atoms with Crippen molar-refractivity contribution >= 4 is 29.8 Å². The highest BCUT2D eigenvalue weighted by atomic mass is 19.5. The maximum atomic E-state index is 13.9. The minimum Gasteiger partial charge on any atom is -0.461 e. The molecule has 0 saturated heterocycles. The third kappa shape index (κ3) is 19.7. The molecule has 14 bridgehead atoms. The number of fused-ring (bicyclic) bond motifs is 10. The summed E-state index contributed by atoms with van der Waals surface area (Å²) < 4.78 is 424. The van der Waals surface area contributed by atoms with E-state index >= 15 is 0 Å². The molecule has 0 aliphatic heterocycles. The second-order valence-corrected chi connectivity index (χ2v) is 46.4. The molecule has 15 aliphatic carbocycles. The van der Waals surface area contributed by atoms with E-state index in [1.165, 1.54) is 13.8 Å². The van der Waals surface area contributed by atoms with Crippen molar-refractivity contribution < 1.29 is 205 Å². The van der Waals surface area contributed by atoms with Crippen LogP contribution in [0, 0.1) is 188 Å². The van der Waals surface area contributed by atoms with Gasteiger partial charge in [-0.25, -0.2) is 0 Å². The van der Waals surface area contributed by atoms with Crippen molar-refractivity contribution in [1.29, 1.82) is 0 Å². The van der Waals surface area contributed by atoms with Crippen molar-refractivity contribution in [3.8, 4) is 0 Å². The summed E-state index contributed by atoms with van der Waals surface area (Å²) in [6.07, 6.45) is -55.7. The van der Waals surface area contributed by atoms with Crippen molar-refractivity contribution in [1.82, 2.24) is 0 Å². The number of esters is 5. The molecule has 15 saturated carbocycles. The molecule has 0 heterocycles. The van der Waals surface area contributed by atoms with E-state index in [0.29, 0.717) is 126 Å². The number of carbonyl (C=O) groups is 5. The standard InChI is InChI=1S/C25H34F6O3.C21H30F6O3.2C17H24F6O3.C15H20F6O3/c1-11-12(2)18-8-15(11)9-20(18)22(32)34-21(23(33,24(26,27)28)25(29,30)31)10-19-16-4-13-3-14(6-16)7-17(19)5-13;1-11-12(2)15-9-13(11)10-17(15,3)16(28)30-18(4,14-7-5-6-8-14)19(29,20(22,23)24)21(25,26)27;1-8-9(2)11-6-10(8)7-14(11,5)12(24)26-13(3,4)15(25,16(18,19)20)17(21,22)23;1-7(2)13(15(25,16(18,19)20)17(21,22)23)26-14(24)12-6-10-5-11(12)9(4)8(10)3;1-7-8(2)10-4-9(7)5-12(10,3)11(22)24-6-13(23,14(16,17)18)15(19,20)21/h11-21,33H,3-10H2,1-2H3;11-15,29H,5-10H2,1-4H3;8-11,25H,6-7H2,1-5H3;7-13,25H,5-6H2,1-4H3;7-10,23H,4-6H2,1-3H3. The molecule has 15 aliphatic rings. The number of hydrogen-bond donors (Lipinski definition) is 5. The van der Waals surface area contributed by atoms with Crippen molar-refractivity contribution in [3.63, 3.8) is 0 Å². The minimum absolute atomic E-state index is 0.0223. The van der Waals surface area contributed by atoms with Gasteiger partial charge in [-0.05, 0) is 311 Å². The molecule has 0 aromatic rings. The van der Waals surface area contributed by atoms with Crippen LogP contribution in [0.4, 0.5) is 132 Å². The van der Waals surface area contributed by atoms with Gasteiger partial charge in [0.05, 0.1) is 28.1 Å². The Bertz CT molecular complexity index is 4260. The van der Waals surface area contributed by atoms with Crippen LogP contribution in [0.3, 0.4) is 0 Å². The van der Waals surface area contributed by atoms with Gasteiger partial charge in [0, 0.05) is 5.92 Å². The first kappa shape index (κ1) is 117. The van der Waals surface area contributed by atoms with Crippen LogP contribution in [0.15, 0.2) is 0 Å². The molecule has 140 heavy (non-hydrogen) atoms. The fraction of sp³-hybridized carbons (Fsp3) is 0.947. The predicted octanol–water partition coefficient (Wildman–Crippen LogP) is 24.3. The molecule has 28 unspecified atom stereocenters. The maximum absolute atomic E-state index is 13.9. The summed E-state index contributed by atoms with van der Waals surface area (Å²) in [6, 6.07) is 0. The molecule has 45 heteroatoms. The Morgan fingerprint density at radius 2 is 0.657 bits per heavy atom. The molecule has 0 aromatic carbocycles. The Morgan fingerprint density at radius 3 is 0.943 bits per heavy atom. The predicted molar refractivity (Wildman–Crippen MR) is 437 cm³/mol. The van der Waals surface area contributed by atoms with E-state index in [9.17, 15) is 176 Å². The van der Waals surface area contributed by atoms with Gasteiger partial charge in [0.2, 0.25) is 0 Å². The van der Waals surface area contributed by atoms with Gasteiger partial charge in [-0.2, -0.15) is 132 Å². The molecule has 28 atom stereocenters. The van der Waals surface area contributed by atoms with Crippen molar-refractivity contribution in [2.24, 2.45) is 188 Å². The maximum Gasteiger partial charge on any atom is 0.430 e. The first-order valence-electron chi connectivity index (χ1n) is 48.2. The van der Waals surface area contributed by atoms with E-state index in [2.05, 4.69) is 18.6 Å². The van der Waals surface area contributed by atoms with Crippen molar-refractivity contribution in [2.75, 3.05) is 6.61 Å². The number of ether oxygens (including phenoxy) is 5. The van der Waals surface area contributed by atoms with Crippen LogP contribution in [-0.4, -0.2) is 175 Å². The molecule has 5 N–H and O–H groups in total. The monoisotopic (exact) mass is 2080 g/mol. The lowest BCUT2D eigenvalue weighted by Crippen LogP contribution is -2.73. The minimum atomic E-state index is -6.06. The number of aliphatic hydroxyl groups is 5. The first-order chi connectivity index (χ1) is 62.9. The molecule has 0 spiro atoms. The first-order valence-corrected chi connectivity index (χ1v) is 48.2. The highest BCUT2D eigenvalue weighted by molar-refractivity contribution is 5.80. The van der Waals surface area contributed by atoms with Crippen LogP contribution >= 0.6 is 0 Å². The lowest BCUT2D eigenvalue weighted by molar-refractivity contribution is -0.417. The third-order valence-corrected chi connectivity index (χ3v) is 38.6. The smallest absolute Gasteiger partial charge is 0.430 e. The zero-order valence-corrected chi connectivity index (χ0v) is 80.9. The van der Waals surface area contributed by atoms with Crippen LogP contribution < -0.4 is 0 Å². The molecule has 812 valence electrons. The number of carbonyl (C=O) groups excluding carboxylic acids is 5. The Hall–Kier alpha value is -4.95. The van der Waals surface area contributed by atoms with Crippen LogP contribution in [0.2, 0.25) is 0 Å². The van der Waals surface area contributed by atoms with E-state index < -0.39 is 202 Å². The molecular formula is C95H132F30O15. The number of rotatable bonds is 19. The van der Waals surface area contributed by atoms with E-state index in [4.69, 9.17) is 24.1 Å². The second kappa shape index (κ2) is 38.3. The Balaban J connectivity index is 0.000000181. The van der Waals surface area contributed by atoms with E-state index in [1.807, 2.05) is 55.4 Å². The van der Waals surface area contributed by atoms with Gasteiger partial charge in [-0.1, -0.05) is 95.9 Å². The zero-order valence-electron chi connectivity index (χ0n) is 80.9. The number of halogens is 30. The molecule has 15 rings (SSSR count). The number of alkyl halides is 30. The van der Waals surface area contributed by atoms with Crippen LogP contribution in [0.1, 0.15) is 253 Å². The topological polar surface area (TPSA) is 233 Å². The van der Waals surface area contributed by atoms with Crippen molar-refractivity contribution in [3.05, 3.63) is 0 Å². The van der Waals surface area contributed by atoms with E-state index in [1.54, 1.807) is 6.92 Å². The Labute approximate surface area is 792 Å². The highest BCUT2D eigenvalue weighted by Gasteiger charge is 2.84. The van der Waals surface area contributed by atoms with Gasteiger partial charge < -0.3 is 49.2 Å². The van der Waals surface area contributed by atoms with Crippen LogP contribution in [0.25, 0.3) is 0 Å². The molecule has 0 amide bonds. The van der Waals surface area contributed by atoms with Gasteiger partial charge in [-0.15, -0.1) is 0 Å². The summed E-state index contributed by atoms with van der Waals surface area (Å²) in [5.41, 5.74) is -35.4. The molecule has 15 fully saturated rings. The number of hydrogen-bond acceptors (Lipinski definition) is 15. The van der Waals surface area contributed by atoms with Gasteiger partial charge in [0.1, 0.15) is 12.7 Å². The fourth-order valence-corrected chi connectivity index (χ4v) is 29.2. The summed E-state index contributed by atoms with van der Waals surface area (Å²) in [6.45, 7) is 25.9. The normalized spacial score (nSPS) is 38.0. The Kier molecular flexibility index (Phi) is 32.0. The molecule has 15 nitrogen and oxygen atoms in total. The Morgan fingerprint density at radius 1 is 0.343 bits per heavy atom. The lowest BCUT2D eigenvalue weighted by Gasteiger charge is -2.55. The summed E-state index contributed by atoms with van der Waals surface area (Å²) in [5, 5.41) is 48.8. The van der Waals surface area contributed by atoms with Gasteiger partial charge >= 0.3 is 91.6 Å². The average molecular weight is 2080 g/mol. The average Bonchev–Trinajstić information content (AvgIpc) is 1.49. The SMILES string of the molecule is CC(C)C(OC(=O)C1CC2CC1C(C)C2C)C(O)(C(F)(F)F)C(F)(F)F.CC1C2CC(C(=O)OC(CC3C4CC5CC(C4)CC3C5)C(O)(C(F)(F)F)C(F)(F)F)C(C2)C1C.CC1C2CC(C1C)C(C)(C(=O)OC(C)(C)C(O)(C(F)(F)F)C(F)(F)F)C2.CC1C2CC(C1C)C(C)(C(=O)OC(C)(C1CCCC1)C(O)(C(F)(F)F)C(F)(F)F)C2.CC1C2CC(C1C)C(C)(C(=O)OCC(O)(C(F)(F)F)C(F)(F)F)C2. The second-order valence-electron chi connectivity index (χ2n) is 46.4. The highest BCUT2D eigenvalue weighted by Crippen LogP contribution is 2.69.